The topological polar surface area (TPSA) is 86.0 Å². The van der Waals surface area contributed by atoms with Gasteiger partial charge in [-0.1, -0.05) is 30.3 Å². The second-order valence-electron chi connectivity index (χ2n) is 4.95. The molecule has 0 aromatic heterocycles. The Balaban J connectivity index is 2.04. The molecule has 0 aliphatic carbocycles. The van der Waals surface area contributed by atoms with Gasteiger partial charge in [0.2, 0.25) is 0 Å². The van der Waals surface area contributed by atoms with Gasteiger partial charge in [0.05, 0.1) is 0 Å². The Morgan fingerprint density at radius 1 is 1.14 bits per heavy atom. The number of benzene rings is 2. The molecular weight excluding hydrogens is 274 g/mol. The third kappa shape index (κ3) is 4.49. The summed E-state index contributed by atoms with van der Waals surface area (Å²) in [5.74, 6) is 0.287. The molecule has 5 nitrogen and oxygen atoms in total. The maximum atomic E-state index is 7.73. The van der Waals surface area contributed by atoms with Crippen molar-refractivity contribution in [3.05, 3.63) is 59.7 Å². The van der Waals surface area contributed by atoms with Crippen LogP contribution in [0.15, 0.2) is 48.5 Å². The Hall–Kier alpha value is -2.53. The number of guanidine groups is 1. The first-order valence-electron chi connectivity index (χ1n) is 7.43. The highest BCUT2D eigenvalue weighted by Crippen LogP contribution is 2.21. The minimum atomic E-state index is 0.287. The van der Waals surface area contributed by atoms with Crippen LogP contribution >= 0.6 is 0 Å². The molecule has 0 fully saturated rings. The zero-order valence-corrected chi connectivity index (χ0v) is 12.8. The highest BCUT2D eigenvalue weighted by molar-refractivity contribution is 5.91. The Morgan fingerprint density at radius 3 is 2.59 bits per heavy atom. The molecule has 116 valence electrons. The van der Waals surface area contributed by atoms with Crippen molar-refractivity contribution in [3.8, 4) is 0 Å². The summed E-state index contributed by atoms with van der Waals surface area (Å²) in [5, 5.41) is 17.1. The van der Waals surface area contributed by atoms with E-state index in [0.717, 1.165) is 23.5 Å². The lowest BCUT2D eigenvalue weighted by molar-refractivity contribution is 0.953. The zero-order valence-electron chi connectivity index (χ0n) is 12.8. The molecule has 2 aromatic carbocycles. The summed E-state index contributed by atoms with van der Waals surface area (Å²) < 4.78 is 0. The van der Waals surface area contributed by atoms with Gasteiger partial charge in [0.15, 0.2) is 5.96 Å². The highest BCUT2D eigenvalue weighted by Gasteiger charge is 2.04. The van der Waals surface area contributed by atoms with Crippen LogP contribution in [0.3, 0.4) is 0 Å². The predicted octanol–water partition coefficient (Wildman–Crippen LogP) is 2.71. The third-order valence-corrected chi connectivity index (χ3v) is 3.27. The zero-order chi connectivity index (χ0) is 15.8. The molecule has 0 aliphatic heterocycles. The average Bonchev–Trinajstić information content (AvgIpc) is 2.54. The van der Waals surface area contributed by atoms with E-state index in [1.165, 1.54) is 5.56 Å². The Kier molecular flexibility index (Phi) is 5.80. The van der Waals surface area contributed by atoms with Gasteiger partial charge >= 0.3 is 0 Å². The standard InChI is InChI=1S/C17H23N5/c1-2-20-17(19)22-15-8-9-16(14(10-15)11-18)21-12-13-6-4-3-5-7-13/h3-10,21H,2,11-12,18H2,1H3,(H3,19,20,22). The maximum Gasteiger partial charge on any atom is 0.192 e. The first-order valence-corrected chi connectivity index (χ1v) is 7.43. The summed E-state index contributed by atoms with van der Waals surface area (Å²) >= 11 is 0. The van der Waals surface area contributed by atoms with E-state index in [4.69, 9.17) is 11.1 Å². The normalized spacial score (nSPS) is 10.1. The van der Waals surface area contributed by atoms with Gasteiger partial charge in [0.1, 0.15) is 0 Å². The van der Waals surface area contributed by atoms with Crippen molar-refractivity contribution in [2.45, 2.75) is 20.0 Å². The quantitative estimate of drug-likeness (QED) is 0.419. The second kappa shape index (κ2) is 8.05. The first-order chi connectivity index (χ1) is 10.7. The van der Waals surface area contributed by atoms with Gasteiger partial charge in [0.25, 0.3) is 0 Å². The number of anilines is 2. The summed E-state index contributed by atoms with van der Waals surface area (Å²) in [4.78, 5) is 0. The molecule has 0 amide bonds. The predicted molar refractivity (Wildman–Crippen MR) is 93.1 cm³/mol. The number of hydrogen-bond donors (Lipinski definition) is 5. The minimum absolute atomic E-state index is 0.287. The van der Waals surface area contributed by atoms with E-state index in [9.17, 15) is 0 Å². The first kappa shape index (κ1) is 15.9. The highest BCUT2D eigenvalue weighted by atomic mass is 15.1. The molecule has 5 heteroatoms. The van der Waals surface area contributed by atoms with E-state index in [-0.39, 0.29) is 5.96 Å². The van der Waals surface area contributed by atoms with E-state index in [1.807, 2.05) is 43.3 Å². The van der Waals surface area contributed by atoms with Crippen LogP contribution < -0.4 is 21.7 Å². The number of nitrogens with two attached hydrogens (primary N) is 1. The average molecular weight is 297 g/mol. The van der Waals surface area contributed by atoms with Gasteiger partial charge in [-0.05, 0) is 36.2 Å². The van der Waals surface area contributed by atoms with Crippen LogP contribution in [0.5, 0.6) is 0 Å². The van der Waals surface area contributed by atoms with Gasteiger partial charge in [-0.3, -0.25) is 5.41 Å². The molecule has 22 heavy (non-hydrogen) atoms. The van der Waals surface area contributed by atoms with E-state index in [0.29, 0.717) is 13.1 Å². The molecule has 0 saturated heterocycles. The fourth-order valence-electron chi connectivity index (χ4n) is 2.17. The molecule has 0 atom stereocenters. The third-order valence-electron chi connectivity index (χ3n) is 3.27. The summed E-state index contributed by atoms with van der Waals surface area (Å²) in [6, 6.07) is 16.1. The molecule has 0 radical (unpaired) electrons. The van der Waals surface area contributed by atoms with E-state index in [2.05, 4.69) is 28.1 Å². The summed E-state index contributed by atoms with van der Waals surface area (Å²) in [6.45, 7) is 3.87. The lowest BCUT2D eigenvalue weighted by atomic mass is 10.1. The molecule has 0 heterocycles. The van der Waals surface area contributed by atoms with Crippen molar-refractivity contribution in [1.82, 2.24) is 5.32 Å². The monoisotopic (exact) mass is 297 g/mol. The van der Waals surface area contributed by atoms with Gasteiger partial charge < -0.3 is 21.7 Å². The van der Waals surface area contributed by atoms with Crippen molar-refractivity contribution in [3.63, 3.8) is 0 Å². The van der Waals surface area contributed by atoms with Crippen molar-refractivity contribution >= 4 is 17.3 Å². The summed E-state index contributed by atoms with van der Waals surface area (Å²) in [5.41, 5.74) is 9.96. The molecule has 6 N–H and O–H groups in total. The van der Waals surface area contributed by atoms with Crippen molar-refractivity contribution in [2.75, 3.05) is 17.2 Å². The lowest BCUT2D eigenvalue weighted by Crippen LogP contribution is -2.29. The number of hydrogen-bond acceptors (Lipinski definition) is 3. The van der Waals surface area contributed by atoms with E-state index < -0.39 is 0 Å². The van der Waals surface area contributed by atoms with Crippen molar-refractivity contribution in [1.29, 1.82) is 5.41 Å². The molecule has 0 unspecified atom stereocenters. The van der Waals surface area contributed by atoms with Gasteiger partial charge in [-0.15, -0.1) is 0 Å². The molecular formula is C17H23N5. The van der Waals surface area contributed by atoms with Crippen LogP contribution in [0, 0.1) is 5.41 Å². The summed E-state index contributed by atoms with van der Waals surface area (Å²) in [7, 11) is 0. The Labute approximate surface area is 131 Å². The second-order valence-corrected chi connectivity index (χ2v) is 4.95. The number of nitrogens with one attached hydrogen (secondary N) is 4. The molecule has 2 rings (SSSR count). The Bertz CT molecular complexity index is 610. The van der Waals surface area contributed by atoms with Crippen LogP contribution in [-0.4, -0.2) is 12.5 Å². The maximum absolute atomic E-state index is 7.73. The molecule has 0 saturated carbocycles. The van der Waals surface area contributed by atoms with E-state index >= 15 is 0 Å². The van der Waals surface area contributed by atoms with Gasteiger partial charge in [-0.2, -0.15) is 0 Å². The van der Waals surface area contributed by atoms with E-state index in [1.54, 1.807) is 0 Å². The summed E-state index contributed by atoms with van der Waals surface area (Å²) in [6.07, 6.45) is 0. The lowest BCUT2D eigenvalue weighted by Gasteiger charge is -2.14. The van der Waals surface area contributed by atoms with Crippen LogP contribution in [0.1, 0.15) is 18.1 Å². The Morgan fingerprint density at radius 2 is 1.91 bits per heavy atom. The number of rotatable bonds is 6. The van der Waals surface area contributed by atoms with Crippen molar-refractivity contribution < 1.29 is 0 Å². The van der Waals surface area contributed by atoms with Crippen LogP contribution in [0.25, 0.3) is 0 Å². The van der Waals surface area contributed by atoms with Crippen LogP contribution in [0.4, 0.5) is 11.4 Å². The van der Waals surface area contributed by atoms with Crippen LogP contribution in [0.2, 0.25) is 0 Å². The smallest absolute Gasteiger partial charge is 0.192 e. The molecule has 2 aromatic rings. The fourth-order valence-corrected chi connectivity index (χ4v) is 2.17. The van der Waals surface area contributed by atoms with Crippen molar-refractivity contribution in [2.24, 2.45) is 5.73 Å². The van der Waals surface area contributed by atoms with Crippen LogP contribution in [-0.2, 0) is 13.1 Å². The van der Waals surface area contributed by atoms with Gasteiger partial charge in [-0.25, -0.2) is 0 Å². The SMILES string of the molecule is CCNC(=N)Nc1ccc(NCc2ccccc2)c(CN)c1. The largest absolute Gasteiger partial charge is 0.381 e. The molecule has 0 aliphatic rings. The fraction of sp³-hybridized carbons (Fsp3) is 0.235. The van der Waals surface area contributed by atoms with Gasteiger partial charge in [0, 0.05) is 31.0 Å². The molecule has 0 bridgehead atoms. The molecule has 0 spiro atoms. The minimum Gasteiger partial charge on any atom is -0.381 e.